The van der Waals surface area contributed by atoms with Crippen LogP contribution in [0.4, 0.5) is 0 Å². The summed E-state index contributed by atoms with van der Waals surface area (Å²) >= 11 is 13.2. The van der Waals surface area contributed by atoms with Crippen molar-refractivity contribution in [3.63, 3.8) is 0 Å². The highest BCUT2D eigenvalue weighted by molar-refractivity contribution is 7.98. The van der Waals surface area contributed by atoms with Crippen molar-refractivity contribution < 1.29 is 0 Å². The van der Waals surface area contributed by atoms with Gasteiger partial charge in [-0.15, -0.1) is 11.6 Å². The molecule has 1 rings (SSSR count). The van der Waals surface area contributed by atoms with Crippen molar-refractivity contribution in [2.24, 2.45) is 0 Å². The van der Waals surface area contributed by atoms with Gasteiger partial charge in [-0.2, -0.15) is 11.8 Å². The van der Waals surface area contributed by atoms with Crippen molar-refractivity contribution in [2.75, 3.05) is 11.6 Å². The Bertz CT molecular complexity index is 293. The number of thioether (sulfide) groups is 1. The molecule has 3 heteroatoms. The highest BCUT2D eigenvalue weighted by Gasteiger charge is 1.95. The molecule has 1 aromatic rings. The van der Waals surface area contributed by atoms with Crippen molar-refractivity contribution in [2.45, 2.75) is 5.75 Å². The highest BCUT2D eigenvalue weighted by atomic mass is 35.5. The number of halogens is 2. The molecular weight excluding hydrogens is 235 g/mol. The molecule has 1 aromatic carbocycles. The predicted molar refractivity (Wildman–Crippen MR) is 67.5 cm³/mol. The van der Waals surface area contributed by atoms with Gasteiger partial charge < -0.3 is 0 Å². The molecule has 0 nitrogen and oxygen atoms in total. The van der Waals surface area contributed by atoms with Crippen LogP contribution in [0.1, 0.15) is 5.56 Å². The Morgan fingerprint density at radius 1 is 1.29 bits per heavy atom. The smallest absolute Gasteiger partial charge is 0.0439 e. The molecule has 0 N–H and O–H groups in total. The van der Waals surface area contributed by atoms with Crippen molar-refractivity contribution in [1.82, 2.24) is 0 Å². The maximum Gasteiger partial charge on any atom is 0.0439 e. The van der Waals surface area contributed by atoms with E-state index in [4.69, 9.17) is 23.2 Å². The van der Waals surface area contributed by atoms with Crippen LogP contribution >= 0.6 is 35.0 Å². The molecular formula is C11H12Cl2S. The van der Waals surface area contributed by atoms with Gasteiger partial charge in [-0.05, 0) is 17.7 Å². The van der Waals surface area contributed by atoms with Crippen LogP contribution in [0.25, 0.3) is 0 Å². The van der Waals surface area contributed by atoms with Gasteiger partial charge in [-0.25, -0.2) is 0 Å². The fourth-order valence-corrected chi connectivity index (χ4v) is 2.19. The van der Waals surface area contributed by atoms with Crippen LogP contribution in [0.5, 0.6) is 0 Å². The van der Waals surface area contributed by atoms with E-state index >= 15 is 0 Å². The van der Waals surface area contributed by atoms with Gasteiger partial charge in [0.1, 0.15) is 0 Å². The molecule has 0 aliphatic carbocycles. The minimum Gasteiger partial charge on any atom is -0.153 e. The monoisotopic (exact) mass is 246 g/mol. The molecule has 0 heterocycles. The molecule has 14 heavy (non-hydrogen) atoms. The molecule has 0 saturated heterocycles. The van der Waals surface area contributed by atoms with Gasteiger partial charge in [-0.1, -0.05) is 35.9 Å². The number of hydrogen-bond acceptors (Lipinski definition) is 1. The zero-order chi connectivity index (χ0) is 10.4. The van der Waals surface area contributed by atoms with E-state index in [2.05, 4.69) is 6.58 Å². The van der Waals surface area contributed by atoms with Crippen molar-refractivity contribution in [3.05, 3.63) is 47.0 Å². The zero-order valence-electron chi connectivity index (χ0n) is 7.80. The van der Waals surface area contributed by atoms with Gasteiger partial charge in [0.15, 0.2) is 0 Å². The standard InChI is InChI=1S/C11H12Cl2S/c1-9(6-12)7-14-8-10-2-4-11(13)5-3-10/h2-5H,1,6-8H2. The lowest BCUT2D eigenvalue weighted by molar-refractivity contribution is 1.38. The van der Waals surface area contributed by atoms with Gasteiger partial charge in [0.25, 0.3) is 0 Å². The van der Waals surface area contributed by atoms with E-state index < -0.39 is 0 Å². The number of rotatable bonds is 5. The van der Waals surface area contributed by atoms with Crippen LogP contribution < -0.4 is 0 Å². The summed E-state index contributed by atoms with van der Waals surface area (Å²) in [5.41, 5.74) is 2.35. The van der Waals surface area contributed by atoms with E-state index in [-0.39, 0.29) is 0 Å². The van der Waals surface area contributed by atoms with Crippen LogP contribution in [-0.4, -0.2) is 11.6 Å². The van der Waals surface area contributed by atoms with Gasteiger partial charge in [0.2, 0.25) is 0 Å². The van der Waals surface area contributed by atoms with Gasteiger partial charge in [0, 0.05) is 22.4 Å². The van der Waals surface area contributed by atoms with Crippen molar-refractivity contribution in [1.29, 1.82) is 0 Å². The number of benzene rings is 1. The maximum absolute atomic E-state index is 5.78. The van der Waals surface area contributed by atoms with Gasteiger partial charge in [0.05, 0.1) is 0 Å². The second-order valence-electron chi connectivity index (χ2n) is 3.00. The molecule has 0 radical (unpaired) electrons. The van der Waals surface area contributed by atoms with E-state index in [1.54, 1.807) is 0 Å². The summed E-state index contributed by atoms with van der Waals surface area (Å²) in [6.45, 7) is 3.84. The molecule has 0 aliphatic rings. The first-order valence-corrected chi connectivity index (χ1v) is 6.34. The van der Waals surface area contributed by atoms with Gasteiger partial charge >= 0.3 is 0 Å². The quantitative estimate of drug-likeness (QED) is 0.550. The van der Waals surface area contributed by atoms with E-state index in [1.807, 2.05) is 36.0 Å². The first-order chi connectivity index (χ1) is 6.72. The lowest BCUT2D eigenvalue weighted by atomic mass is 10.2. The Kier molecular flexibility index (Phi) is 5.46. The third kappa shape index (κ3) is 4.41. The van der Waals surface area contributed by atoms with E-state index in [0.29, 0.717) is 5.88 Å². The normalized spacial score (nSPS) is 10.1. The van der Waals surface area contributed by atoms with Crippen LogP contribution in [0.15, 0.2) is 36.4 Å². The summed E-state index contributed by atoms with van der Waals surface area (Å²) < 4.78 is 0. The molecule has 0 bridgehead atoms. The maximum atomic E-state index is 5.78. The number of alkyl halides is 1. The Hall–Kier alpha value is -0.110. The Balaban J connectivity index is 2.31. The summed E-state index contributed by atoms with van der Waals surface area (Å²) in [5.74, 6) is 2.45. The summed E-state index contributed by atoms with van der Waals surface area (Å²) in [7, 11) is 0. The molecule has 76 valence electrons. The minimum absolute atomic E-state index is 0.549. The Morgan fingerprint density at radius 2 is 1.93 bits per heavy atom. The molecule has 0 aromatic heterocycles. The third-order valence-electron chi connectivity index (χ3n) is 1.68. The highest BCUT2D eigenvalue weighted by Crippen LogP contribution is 2.17. The molecule has 0 atom stereocenters. The van der Waals surface area contributed by atoms with E-state index in [1.165, 1.54) is 5.56 Å². The van der Waals surface area contributed by atoms with E-state index in [0.717, 1.165) is 22.1 Å². The van der Waals surface area contributed by atoms with Crippen molar-refractivity contribution >= 4 is 35.0 Å². The zero-order valence-corrected chi connectivity index (χ0v) is 10.1. The fourth-order valence-electron chi connectivity index (χ4n) is 0.932. The number of hydrogen-bond donors (Lipinski definition) is 0. The lowest BCUT2D eigenvalue weighted by Gasteiger charge is -2.02. The van der Waals surface area contributed by atoms with E-state index in [9.17, 15) is 0 Å². The fraction of sp³-hybridized carbons (Fsp3) is 0.273. The average Bonchev–Trinajstić information content (AvgIpc) is 2.21. The molecule has 0 saturated carbocycles. The average molecular weight is 247 g/mol. The first kappa shape index (κ1) is 12.0. The topological polar surface area (TPSA) is 0 Å². The Morgan fingerprint density at radius 3 is 2.50 bits per heavy atom. The van der Waals surface area contributed by atoms with Crippen LogP contribution in [-0.2, 0) is 5.75 Å². The third-order valence-corrected chi connectivity index (χ3v) is 3.46. The van der Waals surface area contributed by atoms with Crippen LogP contribution in [0.3, 0.4) is 0 Å². The van der Waals surface area contributed by atoms with Crippen molar-refractivity contribution in [3.8, 4) is 0 Å². The summed E-state index contributed by atoms with van der Waals surface area (Å²) in [4.78, 5) is 0. The SMILES string of the molecule is C=C(CCl)CSCc1ccc(Cl)cc1. The lowest BCUT2D eigenvalue weighted by Crippen LogP contribution is -1.88. The summed E-state index contributed by atoms with van der Waals surface area (Å²) in [6, 6.07) is 7.90. The second kappa shape index (κ2) is 6.39. The summed E-state index contributed by atoms with van der Waals surface area (Å²) in [6.07, 6.45) is 0. The van der Waals surface area contributed by atoms with Crippen LogP contribution in [0, 0.1) is 0 Å². The second-order valence-corrected chi connectivity index (χ2v) is 4.69. The molecule has 0 amide bonds. The summed E-state index contributed by atoms with van der Waals surface area (Å²) in [5, 5.41) is 0.781. The molecule has 0 fully saturated rings. The predicted octanol–water partition coefficient (Wildman–Crippen LogP) is 4.37. The largest absolute Gasteiger partial charge is 0.153 e. The van der Waals surface area contributed by atoms with Crippen LogP contribution in [0.2, 0.25) is 5.02 Å². The molecule has 0 aliphatic heterocycles. The van der Waals surface area contributed by atoms with Gasteiger partial charge in [-0.3, -0.25) is 0 Å². The molecule has 0 unspecified atom stereocenters. The Labute approximate surface area is 99.3 Å². The first-order valence-electron chi connectivity index (χ1n) is 4.27. The molecule has 0 spiro atoms. The minimum atomic E-state index is 0.549.